The Morgan fingerprint density at radius 3 is 2.47 bits per heavy atom. The summed E-state index contributed by atoms with van der Waals surface area (Å²) in [5.74, 6) is -0.975. The zero-order chi connectivity index (χ0) is 11.1. The minimum Gasteiger partial charge on any atom is -0.481 e. The molecule has 1 N–H and O–H groups in total. The number of carbonyl (C=O) groups is 1. The SMILES string of the molecule is O=C(O)C1(c2ccccc2[N+](=O)[O-])CC1. The summed E-state index contributed by atoms with van der Waals surface area (Å²) >= 11 is 0. The molecule has 0 atom stereocenters. The van der Waals surface area contributed by atoms with Crippen molar-refractivity contribution in [1.29, 1.82) is 0 Å². The van der Waals surface area contributed by atoms with Gasteiger partial charge < -0.3 is 5.11 Å². The number of nitrogens with zero attached hydrogens (tertiary/aromatic N) is 1. The molecular weight excluding hydrogens is 198 g/mol. The molecule has 0 saturated heterocycles. The summed E-state index contributed by atoms with van der Waals surface area (Å²) in [5.41, 5.74) is -0.788. The van der Waals surface area contributed by atoms with Crippen LogP contribution in [0, 0.1) is 10.1 Å². The lowest BCUT2D eigenvalue weighted by Gasteiger charge is -2.09. The fourth-order valence-corrected chi connectivity index (χ4v) is 1.76. The molecule has 0 unspecified atom stereocenters. The molecule has 0 aromatic heterocycles. The van der Waals surface area contributed by atoms with Crippen LogP contribution in [0.25, 0.3) is 0 Å². The number of nitro groups is 1. The molecule has 0 spiro atoms. The van der Waals surface area contributed by atoms with Crippen LogP contribution in [0.3, 0.4) is 0 Å². The predicted octanol–water partition coefficient (Wildman–Crippen LogP) is 1.71. The van der Waals surface area contributed by atoms with Gasteiger partial charge in [-0.2, -0.15) is 0 Å². The molecule has 2 rings (SSSR count). The number of nitro benzene ring substituents is 1. The zero-order valence-electron chi connectivity index (χ0n) is 7.84. The highest BCUT2D eigenvalue weighted by atomic mass is 16.6. The van der Waals surface area contributed by atoms with Gasteiger partial charge in [0.05, 0.1) is 10.3 Å². The van der Waals surface area contributed by atoms with E-state index in [0.717, 1.165) is 0 Å². The summed E-state index contributed by atoms with van der Waals surface area (Å²) < 4.78 is 0. The van der Waals surface area contributed by atoms with Gasteiger partial charge in [-0.25, -0.2) is 0 Å². The van der Waals surface area contributed by atoms with E-state index < -0.39 is 16.3 Å². The quantitative estimate of drug-likeness (QED) is 0.604. The van der Waals surface area contributed by atoms with Crippen molar-refractivity contribution < 1.29 is 14.8 Å². The van der Waals surface area contributed by atoms with Gasteiger partial charge in [-0.05, 0) is 12.8 Å². The Morgan fingerprint density at radius 1 is 1.40 bits per heavy atom. The lowest BCUT2D eigenvalue weighted by molar-refractivity contribution is -0.385. The van der Waals surface area contributed by atoms with Gasteiger partial charge in [-0.3, -0.25) is 14.9 Å². The monoisotopic (exact) mass is 207 g/mol. The van der Waals surface area contributed by atoms with Gasteiger partial charge in [0.15, 0.2) is 0 Å². The van der Waals surface area contributed by atoms with Crippen molar-refractivity contribution >= 4 is 11.7 Å². The van der Waals surface area contributed by atoms with E-state index >= 15 is 0 Å². The van der Waals surface area contributed by atoms with E-state index in [9.17, 15) is 14.9 Å². The maximum Gasteiger partial charge on any atom is 0.314 e. The van der Waals surface area contributed by atoms with Gasteiger partial charge in [-0.1, -0.05) is 18.2 Å². The molecule has 0 aliphatic heterocycles. The molecule has 0 heterocycles. The number of rotatable bonds is 3. The van der Waals surface area contributed by atoms with Crippen LogP contribution >= 0.6 is 0 Å². The van der Waals surface area contributed by atoms with Crippen LogP contribution in [-0.2, 0) is 10.2 Å². The molecule has 78 valence electrons. The van der Waals surface area contributed by atoms with Crippen LogP contribution in [0.1, 0.15) is 18.4 Å². The van der Waals surface area contributed by atoms with Crippen LogP contribution in [0.15, 0.2) is 24.3 Å². The Labute approximate surface area is 85.5 Å². The highest BCUT2D eigenvalue weighted by Crippen LogP contribution is 2.51. The average Bonchev–Trinajstić information content (AvgIpc) is 2.98. The van der Waals surface area contributed by atoms with E-state index in [-0.39, 0.29) is 5.69 Å². The fraction of sp³-hybridized carbons (Fsp3) is 0.300. The summed E-state index contributed by atoms with van der Waals surface area (Å²) in [4.78, 5) is 21.2. The van der Waals surface area contributed by atoms with E-state index in [4.69, 9.17) is 5.11 Å². The number of carboxylic acids is 1. The topological polar surface area (TPSA) is 80.4 Å². The van der Waals surface area contributed by atoms with E-state index in [1.54, 1.807) is 12.1 Å². The molecule has 5 heteroatoms. The van der Waals surface area contributed by atoms with Crippen molar-refractivity contribution in [2.24, 2.45) is 0 Å². The average molecular weight is 207 g/mol. The molecule has 0 amide bonds. The second-order valence-corrected chi connectivity index (χ2v) is 3.66. The number of carboxylic acid groups (broad SMARTS) is 1. The first-order valence-electron chi connectivity index (χ1n) is 4.55. The number of hydrogen-bond acceptors (Lipinski definition) is 3. The molecule has 1 aliphatic rings. The van der Waals surface area contributed by atoms with E-state index in [1.165, 1.54) is 12.1 Å². The number of benzene rings is 1. The van der Waals surface area contributed by atoms with Crippen LogP contribution in [-0.4, -0.2) is 16.0 Å². The molecule has 1 fully saturated rings. The van der Waals surface area contributed by atoms with Crippen LogP contribution in [0.4, 0.5) is 5.69 Å². The summed E-state index contributed by atoms with van der Waals surface area (Å²) in [6.45, 7) is 0. The van der Waals surface area contributed by atoms with Crippen molar-refractivity contribution in [3.05, 3.63) is 39.9 Å². The molecular formula is C10H9NO4. The maximum atomic E-state index is 11.0. The Balaban J connectivity index is 2.53. The Kier molecular flexibility index (Phi) is 1.96. The lowest BCUT2D eigenvalue weighted by Crippen LogP contribution is -2.20. The Hall–Kier alpha value is -1.91. The molecule has 5 nitrogen and oxygen atoms in total. The number of hydrogen-bond donors (Lipinski definition) is 1. The van der Waals surface area contributed by atoms with Crippen LogP contribution in [0.5, 0.6) is 0 Å². The van der Waals surface area contributed by atoms with Gasteiger partial charge in [0.2, 0.25) is 0 Å². The third-order valence-electron chi connectivity index (χ3n) is 2.78. The van der Waals surface area contributed by atoms with Gasteiger partial charge in [-0.15, -0.1) is 0 Å². The molecule has 1 saturated carbocycles. The molecule has 0 radical (unpaired) electrons. The van der Waals surface area contributed by atoms with Gasteiger partial charge in [0, 0.05) is 11.6 Å². The van der Waals surface area contributed by atoms with E-state index in [1.807, 2.05) is 0 Å². The molecule has 15 heavy (non-hydrogen) atoms. The summed E-state index contributed by atoms with van der Waals surface area (Å²) in [7, 11) is 0. The van der Waals surface area contributed by atoms with Gasteiger partial charge in [0.25, 0.3) is 5.69 Å². The van der Waals surface area contributed by atoms with E-state index in [0.29, 0.717) is 18.4 Å². The smallest absolute Gasteiger partial charge is 0.314 e. The van der Waals surface area contributed by atoms with Crippen molar-refractivity contribution in [2.75, 3.05) is 0 Å². The number of para-hydroxylation sites is 1. The van der Waals surface area contributed by atoms with Crippen molar-refractivity contribution in [2.45, 2.75) is 18.3 Å². The second kappa shape index (κ2) is 3.05. The third-order valence-corrected chi connectivity index (χ3v) is 2.78. The predicted molar refractivity (Wildman–Crippen MR) is 51.6 cm³/mol. The minimum atomic E-state index is -1.01. The third kappa shape index (κ3) is 1.36. The van der Waals surface area contributed by atoms with Crippen molar-refractivity contribution in [3.8, 4) is 0 Å². The summed E-state index contributed by atoms with van der Waals surface area (Å²) in [5, 5.41) is 19.8. The molecule has 1 aromatic carbocycles. The van der Waals surface area contributed by atoms with Crippen molar-refractivity contribution in [3.63, 3.8) is 0 Å². The minimum absolute atomic E-state index is 0.0996. The highest BCUT2D eigenvalue weighted by molar-refractivity contribution is 5.86. The van der Waals surface area contributed by atoms with Crippen LogP contribution in [0.2, 0.25) is 0 Å². The Bertz CT molecular complexity index is 437. The normalized spacial score (nSPS) is 17.1. The van der Waals surface area contributed by atoms with Crippen LogP contribution < -0.4 is 0 Å². The zero-order valence-corrected chi connectivity index (χ0v) is 7.84. The first-order valence-corrected chi connectivity index (χ1v) is 4.55. The number of aliphatic carboxylic acids is 1. The largest absolute Gasteiger partial charge is 0.481 e. The van der Waals surface area contributed by atoms with Gasteiger partial charge in [0.1, 0.15) is 0 Å². The Morgan fingerprint density at radius 2 is 2.00 bits per heavy atom. The first-order chi connectivity index (χ1) is 7.08. The van der Waals surface area contributed by atoms with Gasteiger partial charge >= 0.3 is 5.97 Å². The fourth-order valence-electron chi connectivity index (χ4n) is 1.76. The molecule has 1 aliphatic carbocycles. The van der Waals surface area contributed by atoms with Crippen molar-refractivity contribution in [1.82, 2.24) is 0 Å². The maximum absolute atomic E-state index is 11.0. The summed E-state index contributed by atoms with van der Waals surface area (Å²) in [6.07, 6.45) is 0.959. The standard InChI is InChI=1S/C10H9NO4/c12-9(13)10(5-6-10)7-3-1-2-4-8(7)11(14)15/h1-4H,5-6H2,(H,12,13). The molecule has 0 bridgehead atoms. The first kappa shape index (κ1) is 9.64. The van der Waals surface area contributed by atoms with E-state index in [2.05, 4.69) is 0 Å². The molecule has 1 aromatic rings. The highest BCUT2D eigenvalue weighted by Gasteiger charge is 2.54. The second-order valence-electron chi connectivity index (χ2n) is 3.66. The summed E-state index contributed by atoms with van der Waals surface area (Å²) in [6, 6.07) is 6.04. The lowest BCUT2D eigenvalue weighted by atomic mass is 9.94.